The molecule has 0 atom stereocenters. The number of phenols is 1. The molecule has 168 valence electrons. The van der Waals surface area contributed by atoms with Crippen molar-refractivity contribution in [2.45, 2.75) is 6.54 Å². The van der Waals surface area contributed by atoms with Crippen LogP contribution in [0.15, 0.2) is 84.9 Å². The summed E-state index contributed by atoms with van der Waals surface area (Å²) in [4.78, 5) is 25.3. The molecule has 0 aliphatic carbocycles. The van der Waals surface area contributed by atoms with E-state index in [4.69, 9.17) is 16.3 Å². The van der Waals surface area contributed by atoms with E-state index in [-0.39, 0.29) is 17.6 Å². The highest BCUT2D eigenvalue weighted by molar-refractivity contribution is 6.33. The number of phenolic OH excluding ortho intramolecular Hbond substituents is 1. The standard InChI is InChI=1S/C27H19ClN2O4/c28-22-14-19(31)10-11-20(22)17-7-5-16(6-8-17)15-29-26(32)18-9-12-25-23(13-18)30-27(33)21-3-1-2-4-24(21)34-25/h1-14,31H,15H2,(H,29,32)(H,30,33). The first-order valence-corrected chi connectivity index (χ1v) is 10.9. The van der Waals surface area contributed by atoms with Crippen LogP contribution in [-0.4, -0.2) is 16.9 Å². The van der Waals surface area contributed by atoms with Gasteiger partial charge in [0, 0.05) is 17.7 Å². The van der Waals surface area contributed by atoms with Gasteiger partial charge in [-0.2, -0.15) is 0 Å². The number of amides is 2. The smallest absolute Gasteiger partial charge is 0.259 e. The van der Waals surface area contributed by atoms with E-state index in [1.165, 1.54) is 6.07 Å². The second-order valence-corrected chi connectivity index (χ2v) is 8.21. The summed E-state index contributed by atoms with van der Waals surface area (Å²) >= 11 is 6.22. The summed E-state index contributed by atoms with van der Waals surface area (Å²) in [7, 11) is 0. The van der Waals surface area contributed by atoms with Crippen molar-refractivity contribution in [3.63, 3.8) is 0 Å². The number of benzene rings is 4. The minimum absolute atomic E-state index is 0.113. The summed E-state index contributed by atoms with van der Waals surface area (Å²) < 4.78 is 5.86. The van der Waals surface area contributed by atoms with Crippen LogP contribution < -0.4 is 15.4 Å². The molecular weight excluding hydrogens is 452 g/mol. The highest BCUT2D eigenvalue weighted by atomic mass is 35.5. The van der Waals surface area contributed by atoms with E-state index in [2.05, 4.69) is 10.6 Å². The van der Waals surface area contributed by atoms with Crippen LogP contribution in [0.5, 0.6) is 17.2 Å². The maximum atomic E-state index is 12.7. The van der Waals surface area contributed by atoms with Gasteiger partial charge in [-0.25, -0.2) is 0 Å². The van der Waals surface area contributed by atoms with Gasteiger partial charge in [-0.05, 0) is 59.7 Å². The molecule has 0 spiro atoms. The lowest BCUT2D eigenvalue weighted by atomic mass is 10.0. The Labute approximate surface area is 200 Å². The first-order chi connectivity index (χ1) is 16.5. The zero-order valence-corrected chi connectivity index (χ0v) is 18.6. The van der Waals surface area contributed by atoms with Gasteiger partial charge in [-0.1, -0.05) is 48.0 Å². The van der Waals surface area contributed by atoms with Gasteiger partial charge in [0.05, 0.1) is 16.3 Å². The maximum Gasteiger partial charge on any atom is 0.259 e. The van der Waals surface area contributed by atoms with E-state index >= 15 is 0 Å². The molecule has 0 fully saturated rings. The quantitative estimate of drug-likeness (QED) is 0.341. The van der Waals surface area contributed by atoms with Crippen LogP contribution in [0.2, 0.25) is 5.02 Å². The van der Waals surface area contributed by atoms with Gasteiger partial charge in [0.2, 0.25) is 0 Å². The Kier molecular flexibility index (Phi) is 5.65. The SMILES string of the molecule is O=C(NCc1ccc(-c2ccc(O)cc2Cl)cc1)c1ccc2c(c1)NC(=O)c1ccccc1O2. The summed E-state index contributed by atoms with van der Waals surface area (Å²) in [6.07, 6.45) is 0. The van der Waals surface area contributed by atoms with Gasteiger partial charge in [0.1, 0.15) is 11.5 Å². The molecule has 0 bridgehead atoms. The number of ether oxygens (including phenoxy) is 1. The van der Waals surface area contributed by atoms with Crippen molar-refractivity contribution in [3.8, 4) is 28.4 Å². The summed E-state index contributed by atoms with van der Waals surface area (Å²) in [5, 5.41) is 15.7. The second kappa shape index (κ2) is 8.92. The average Bonchev–Trinajstić information content (AvgIpc) is 2.98. The van der Waals surface area contributed by atoms with Crippen LogP contribution in [0.4, 0.5) is 5.69 Å². The second-order valence-electron chi connectivity index (χ2n) is 7.81. The molecule has 1 aliphatic heterocycles. The van der Waals surface area contributed by atoms with Crippen LogP contribution in [0.25, 0.3) is 11.1 Å². The van der Waals surface area contributed by atoms with Crippen molar-refractivity contribution in [2.75, 3.05) is 5.32 Å². The largest absolute Gasteiger partial charge is 0.508 e. The number of nitrogens with one attached hydrogen (secondary N) is 2. The first kappa shape index (κ1) is 21.6. The number of anilines is 1. The van der Waals surface area contributed by atoms with Crippen molar-refractivity contribution in [2.24, 2.45) is 0 Å². The fourth-order valence-corrected chi connectivity index (χ4v) is 4.02. The normalized spacial score (nSPS) is 12.0. The Balaban J connectivity index is 1.27. The summed E-state index contributed by atoms with van der Waals surface area (Å²) in [6.45, 7) is 0.327. The molecule has 0 saturated carbocycles. The average molecular weight is 471 g/mol. The lowest BCUT2D eigenvalue weighted by Gasteiger charge is -2.11. The van der Waals surface area contributed by atoms with Crippen LogP contribution >= 0.6 is 11.6 Å². The molecule has 4 aromatic rings. The minimum Gasteiger partial charge on any atom is -0.508 e. The lowest BCUT2D eigenvalue weighted by Crippen LogP contribution is -2.23. The van der Waals surface area contributed by atoms with E-state index in [1.54, 1.807) is 54.6 Å². The molecule has 2 amide bonds. The Morgan fingerprint density at radius 3 is 2.50 bits per heavy atom. The molecule has 1 aliphatic rings. The molecule has 6 nitrogen and oxygen atoms in total. The van der Waals surface area contributed by atoms with Gasteiger partial charge in [0.25, 0.3) is 11.8 Å². The zero-order chi connectivity index (χ0) is 23.7. The first-order valence-electron chi connectivity index (χ1n) is 10.6. The number of para-hydroxylation sites is 1. The monoisotopic (exact) mass is 470 g/mol. The van der Waals surface area contributed by atoms with E-state index in [0.29, 0.717) is 39.9 Å². The molecule has 3 N–H and O–H groups in total. The molecule has 0 unspecified atom stereocenters. The number of carbonyl (C=O) groups is 2. The highest BCUT2D eigenvalue weighted by Crippen LogP contribution is 2.36. The van der Waals surface area contributed by atoms with Crippen LogP contribution in [0.3, 0.4) is 0 Å². The molecule has 5 rings (SSSR count). The Bertz CT molecular complexity index is 1420. The Morgan fingerprint density at radius 2 is 1.71 bits per heavy atom. The van der Waals surface area contributed by atoms with E-state index in [1.807, 2.05) is 24.3 Å². The molecule has 7 heteroatoms. The molecule has 1 heterocycles. The predicted molar refractivity (Wildman–Crippen MR) is 131 cm³/mol. The van der Waals surface area contributed by atoms with Crippen molar-refractivity contribution in [1.82, 2.24) is 5.32 Å². The fraction of sp³-hybridized carbons (Fsp3) is 0.0370. The maximum absolute atomic E-state index is 12.7. The third-order valence-corrected chi connectivity index (χ3v) is 5.82. The van der Waals surface area contributed by atoms with Gasteiger partial charge in [-0.15, -0.1) is 0 Å². The van der Waals surface area contributed by atoms with E-state index in [0.717, 1.165) is 16.7 Å². The van der Waals surface area contributed by atoms with Crippen molar-refractivity contribution in [3.05, 3.63) is 107 Å². The van der Waals surface area contributed by atoms with Gasteiger partial charge < -0.3 is 20.5 Å². The van der Waals surface area contributed by atoms with Gasteiger partial charge in [-0.3, -0.25) is 9.59 Å². The van der Waals surface area contributed by atoms with Crippen molar-refractivity contribution >= 4 is 29.1 Å². The lowest BCUT2D eigenvalue weighted by molar-refractivity contribution is 0.0949. The van der Waals surface area contributed by atoms with Gasteiger partial charge in [0.15, 0.2) is 5.75 Å². The van der Waals surface area contributed by atoms with Crippen LogP contribution in [0, 0.1) is 0 Å². The van der Waals surface area contributed by atoms with Crippen molar-refractivity contribution < 1.29 is 19.4 Å². The number of rotatable bonds is 4. The fourth-order valence-electron chi connectivity index (χ4n) is 3.73. The molecule has 0 radical (unpaired) electrons. The minimum atomic E-state index is -0.291. The third kappa shape index (κ3) is 4.31. The number of hydrogen-bond donors (Lipinski definition) is 3. The third-order valence-electron chi connectivity index (χ3n) is 5.51. The number of carbonyl (C=O) groups excluding carboxylic acids is 2. The molecule has 0 aromatic heterocycles. The number of hydrogen-bond acceptors (Lipinski definition) is 4. The number of halogens is 1. The topological polar surface area (TPSA) is 87.7 Å². The summed E-state index contributed by atoms with van der Waals surface area (Å²) in [5.41, 5.74) is 3.90. The Hall–Kier alpha value is -4.29. The zero-order valence-electron chi connectivity index (χ0n) is 17.8. The summed E-state index contributed by atoms with van der Waals surface area (Å²) in [5.74, 6) is 0.484. The van der Waals surface area contributed by atoms with E-state index in [9.17, 15) is 14.7 Å². The number of aromatic hydroxyl groups is 1. The van der Waals surface area contributed by atoms with Crippen LogP contribution in [0.1, 0.15) is 26.3 Å². The van der Waals surface area contributed by atoms with Crippen LogP contribution in [-0.2, 0) is 6.54 Å². The number of fused-ring (bicyclic) bond motifs is 2. The summed E-state index contributed by atoms with van der Waals surface area (Å²) in [6, 6.07) is 24.4. The van der Waals surface area contributed by atoms with Gasteiger partial charge >= 0.3 is 0 Å². The molecule has 0 saturated heterocycles. The Morgan fingerprint density at radius 1 is 0.912 bits per heavy atom. The highest BCUT2D eigenvalue weighted by Gasteiger charge is 2.21. The predicted octanol–water partition coefficient (Wildman–Crippen LogP) is 6.00. The molecule has 4 aromatic carbocycles. The molecular formula is C27H19ClN2O4. The van der Waals surface area contributed by atoms with Crippen molar-refractivity contribution in [1.29, 1.82) is 0 Å². The van der Waals surface area contributed by atoms with E-state index < -0.39 is 0 Å². The molecule has 34 heavy (non-hydrogen) atoms.